The SMILES string of the molecule is CCCCOC(=O)c1ccc(NC(=O)N2CCC3(CC2)C(=O)N[C@@H](CCCCNC(=O)OCc2ccccc2)C(=O)N3CCC)cc1. The van der Waals surface area contributed by atoms with E-state index in [2.05, 4.69) is 16.0 Å². The lowest BCUT2D eigenvalue weighted by Gasteiger charge is -2.51. The van der Waals surface area contributed by atoms with Gasteiger partial charge in [0, 0.05) is 31.9 Å². The van der Waals surface area contributed by atoms with Gasteiger partial charge in [-0.3, -0.25) is 9.59 Å². The lowest BCUT2D eigenvalue weighted by atomic mass is 9.81. The molecule has 2 aliphatic heterocycles. The summed E-state index contributed by atoms with van der Waals surface area (Å²) in [6, 6.07) is 15.0. The number of nitrogens with one attached hydrogen (secondary N) is 3. The summed E-state index contributed by atoms with van der Waals surface area (Å²) < 4.78 is 10.5. The van der Waals surface area contributed by atoms with Gasteiger partial charge in [-0.2, -0.15) is 0 Å². The summed E-state index contributed by atoms with van der Waals surface area (Å²) >= 11 is 0. The van der Waals surface area contributed by atoms with Crippen LogP contribution < -0.4 is 16.0 Å². The summed E-state index contributed by atoms with van der Waals surface area (Å²) in [5.74, 6) is -0.682. The highest BCUT2D eigenvalue weighted by Crippen LogP contribution is 2.34. The van der Waals surface area contributed by atoms with Gasteiger partial charge >= 0.3 is 18.1 Å². The van der Waals surface area contributed by atoms with Crippen LogP contribution in [0.15, 0.2) is 54.6 Å². The number of nitrogens with zero attached hydrogens (tertiary/aromatic N) is 2. The number of piperazine rings is 1. The van der Waals surface area contributed by atoms with E-state index < -0.39 is 23.6 Å². The first kappa shape index (κ1) is 35.2. The van der Waals surface area contributed by atoms with Crippen LogP contribution in [0, 0.1) is 0 Å². The Morgan fingerprint density at radius 3 is 2.32 bits per heavy atom. The maximum absolute atomic E-state index is 13.6. The highest BCUT2D eigenvalue weighted by Gasteiger charge is 2.53. The first-order valence-electron chi connectivity index (χ1n) is 16.7. The molecule has 2 aromatic carbocycles. The number of likely N-dealkylation sites (tertiary alicyclic amines) is 1. The summed E-state index contributed by atoms with van der Waals surface area (Å²) in [5, 5.41) is 8.56. The summed E-state index contributed by atoms with van der Waals surface area (Å²) in [6.07, 6.45) is 4.35. The Hall–Kier alpha value is -4.61. The van der Waals surface area contributed by atoms with Gasteiger partial charge in [0.05, 0.1) is 12.2 Å². The van der Waals surface area contributed by atoms with Gasteiger partial charge in [-0.1, -0.05) is 50.6 Å². The molecule has 0 unspecified atom stereocenters. The Bertz CT molecular complexity index is 1360. The number of carbonyl (C=O) groups is 5. The molecule has 1 spiro atoms. The third kappa shape index (κ3) is 9.46. The minimum atomic E-state index is -0.996. The van der Waals surface area contributed by atoms with Crippen molar-refractivity contribution in [3.8, 4) is 0 Å². The van der Waals surface area contributed by atoms with Crippen LogP contribution in [0.25, 0.3) is 0 Å². The minimum Gasteiger partial charge on any atom is -0.462 e. The number of anilines is 1. The molecule has 1 atom stereocenters. The third-order valence-electron chi connectivity index (χ3n) is 8.64. The molecule has 254 valence electrons. The topological polar surface area (TPSA) is 146 Å². The van der Waals surface area contributed by atoms with Crippen molar-refractivity contribution >= 4 is 35.6 Å². The molecule has 3 N–H and O–H groups in total. The van der Waals surface area contributed by atoms with Gasteiger partial charge in [0.15, 0.2) is 0 Å². The predicted molar refractivity (Wildman–Crippen MR) is 177 cm³/mol. The van der Waals surface area contributed by atoms with Crippen molar-refractivity contribution in [2.24, 2.45) is 0 Å². The number of carbonyl (C=O) groups excluding carboxylic acids is 5. The molecule has 0 bridgehead atoms. The van der Waals surface area contributed by atoms with E-state index in [9.17, 15) is 24.0 Å². The first-order chi connectivity index (χ1) is 22.8. The number of benzene rings is 2. The number of esters is 1. The average molecular weight is 650 g/mol. The number of piperidine rings is 1. The molecule has 47 heavy (non-hydrogen) atoms. The van der Waals surface area contributed by atoms with E-state index in [0.29, 0.717) is 82.6 Å². The molecule has 0 aromatic heterocycles. The number of alkyl carbamates (subject to hydrolysis) is 1. The average Bonchev–Trinajstić information content (AvgIpc) is 3.09. The standard InChI is InChI=1S/C35H47N5O7/c1-3-5-24-46-31(42)27-14-16-28(17-15-27)37-33(44)39-22-18-35(19-23-39)32(43)38-29(30(41)40(35)21-4-2)13-9-10-20-36-34(45)47-25-26-11-7-6-8-12-26/h6-8,11-12,14-17,29H,3-5,9-10,13,18-25H2,1-2H3,(H,36,45)(H,37,44)(H,38,43)/t29-/m0/s1. The van der Waals surface area contributed by atoms with Crippen LogP contribution in [0.2, 0.25) is 0 Å². The van der Waals surface area contributed by atoms with Crippen molar-refractivity contribution in [3.05, 3.63) is 65.7 Å². The molecule has 2 fully saturated rings. The van der Waals surface area contributed by atoms with Crippen LogP contribution in [0.4, 0.5) is 15.3 Å². The quantitative estimate of drug-likeness (QED) is 0.196. The molecular formula is C35H47N5O7. The monoisotopic (exact) mass is 649 g/mol. The Labute approximate surface area is 276 Å². The van der Waals surface area contributed by atoms with E-state index >= 15 is 0 Å². The zero-order valence-electron chi connectivity index (χ0n) is 27.4. The molecule has 0 radical (unpaired) electrons. The molecular weight excluding hydrogens is 602 g/mol. The number of amides is 5. The third-order valence-corrected chi connectivity index (χ3v) is 8.64. The highest BCUT2D eigenvalue weighted by molar-refractivity contribution is 6.00. The van der Waals surface area contributed by atoms with Crippen LogP contribution in [0.5, 0.6) is 0 Å². The molecule has 0 aliphatic carbocycles. The van der Waals surface area contributed by atoms with Crippen LogP contribution in [-0.2, 0) is 25.7 Å². The normalized spacial score (nSPS) is 17.2. The molecule has 2 aliphatic rings. The largest absolute Gasteiger partial charge is 0.462 e. The number of unbranched alkanes of at least 4 members (excludes halogenated alkanes) is 2. The van der Waals surface area contributed by atoms with Gasteiger partial charge in [-0.05, 0) is 74.8 Å². The van der Waals surface area contributed by atoms with Crippen LogP contribution >= 0.6 is 0 Å². The molecule has 2 aromatic rings. The van der Waals surface area contributed by atoms with E-state index in [1.807, 2.05) is 44.2 Å². The fourth-order valence-electron chi connectivity index (χ4n) is 5.92. The number of ether oxygens (including phenoxy) is 2. The van der Waals surface area contributed by atoms with Gasteiger partial charge in [0.2, 0.25) is 11.8 Å². The zero-order valence-corrected chi connectivity index (χ0v) is 27.4. The molecule has 12 nitrogen and oxygen atoms in total. The predicted octanol–water partition coefficient (Wildman–Crippen LogP) is 4.84. The van der Waals surface area contributed by atoms with Crippen molar-refractivity contribution in [1.82, 2.24) is 20.4 Å². The van der Waals surface area contributed by atoms with Gasteiger partial charge in [-0.25, -0.2) is 14.4 Å². The van der Waals surface area contributed by atoms with E-state index in [0.717, 1.165) is 18.4 Å². The fourth-order valence-corrected chi connectivity index (χ4v) is 5.92. The molecule has 5 amide bonds. The molecule has 2 saturated heterocycles. The Morgan fingerprint density at radius 1 is 0.915 bits per heavy atom. The second-order valence-corrected chi connectivity index (χ2v) is 12.0. The summed E-state index contributed by atoms with van der Waals surface area (Å²) in [4.78, 5) is 67.8. The highest BCUT2D eigenvalue weighted by atomic mass is 16.5. The Kier molecular flexibility index (Phi) is 13.0. The zero-order chi connectivity index (χ0) is 33.6. The molecule has 0 saturated carbocycles. The van der Waals surface area contributed by atoms with Gasteiger partial charge < -0.3 is 35.2 Å². The maximum Gasteiger partial charge on any atom is 0.407 e. The summed E-state index contributed by atoms with van der Waals surface area (Å²) in [6.45, 7) is 6.04. The number of hydrogen-bond donors (Lipinski definition) is 3. The molecule has 12 heteroatoms. The fraction of sp³-hybridized carbons (Fsp3) is 0.514. The van der Waals surface area contributed by atoms with Crippen LogP contribution in [0.1, 0.15) is 81.1 Å². The van der Waals surface area contributed by atoms with Crippen LogP contribution in [-0.4, -0.2) is 84.1 Å². The van der Waals surface area contributed by atoms with E-state index in [1.165, 1.54) is 0 Å². The Morgan fingerprint density at radius 2 is 1.64 bits per heavy atom. The van der Waals surface area contributed by atoms with Crippen LogP contribution in [0.3, 0.4) is 0 Å². The van der Waals surface area contributed by atoms with Crippen molar-refractivity contribution in [1.29, 1.82) is 0 Å². The molecule has 2 heterocycles. The van der Waals surface area contributed by atoms with Gasteiger partial charge in [-0.15, -0.1) is 0 Å². The van der Waals surface area contributed by atoms with E-state index in [-0.39, 0.29) is 24.5 Å². The lowest BCUT2D eigenvalue weighted by Crippen LogP contribution is -2.73. The Balaban J connectivity index is 1.22. The summed E-state index contributed by atoms with van der Waals surface area (Å²) in [7, 11) is 0. The second-order valence-electron chi connectivity index (χ2n) is 12.0. The lowest BCUT2D eigenvalue weighted by molar-refractivity contribution is -0.160. The second kappa shape index (κ2) is 17.3. The maximum atomic E-state index is 13.6. The van der Waals surface area contributed by atoms with Crippen molar-refractivity contribution in [3.63, 3.8) is 0 Å². The van der Waals surface area contributed by atoms with E-state index in [1.54, 1.807) is 34.1 Å². The van der Waals surface area contributed by atoms with E-state index in [4.69, 9.17) is 9.47 Å². The minimum absolute atomic E-state index is 0.104. The van der Waals surface area contributed by atoms with Gasteiger partial charge in [0.1, 0.15) is 18.2 Å². The van der Waals surface area contributed by atoms with Crippen molar-refractivity contribution < 1.29 is 33.4 Å². The number of urea groups is 1. The number of hydrogen-bond acceptors (Lipinski definition) is 7. The molecule has 4 rings (SSSR count). The first-order valence-corrected chi connectivity index (χ1v) is 16.7. The van der Waals surface area contributed by atoms with Gasteiger partial charge in [0.25, 0.3) is 0 Å². The smallest absolute Gasteiger partial charge is 0.407 e. The summed E-state index contributed by atoms with van der Waals surface area (Å²) in [5.41, 5.74) is 0.866. The number of rotatable bonds is 14. The van der Waals surface area contributed by atoms with Crippen molar-refractivity contribution in [2.75, 3.05) is 38.1 Å². The van der Waals surface area contributed by atoms with Crippen molar-refractivity contribution in [2.45, 2.75) is 83.4 Å².